The molecular formula is C26H30Cl2N2O5S. The van der Waals surface area contributed by atoms with E-state index >= 15 is 0 Å². The Hall–Kier alpha value is -2.55. The van der Waals surface area contributed by atoms with E-state index in [2.05, 4.69) is 25.7 Å². The van der Waals surface area contributed by atoms with Gasteiger partial charge in [-0.3, -0.25) is 9.10 Å². The van der Waals surface area contributed by atoms with E-state index in [9.17, 15) is 18.0 Å². The Morgan fingerprint density at radius 2 is 1.83 bits per heavy atom. The highest BCUT2D eigenvalue weighted by Crippen LogP contribution is 2.31. The van der Waals surface area contributed by atoms with Crippen LogP contribution < -0.4 is 9.62 Å². The number of nitrogens with one attached hydrogen (secondary N) is 1. The van der Waals surface area contributed by atoms with Crippen LogP contribution in [0.1, 0.15) is 43.5 Å². The van der Waals surface area contributed by atoms with E-state index in [1.54, 1.807) is 24.3 Å². The fourth-order valence-electron chi connectivity index (χ4n) is 4.26. The molecule has 0 heterocycles. The molecule has 1 amide bonds. The fourth-order valence-corrected chi connectivity index (χ4v) is 6.33. The van der Waals surface area contributed by atoms with Gasteiger partial charge in [0.05, 0.1) is 22.8 Å². The molecule has 1 saturated carbocycles. The zero-order valence-corrected chi connectivity index (χ0v) is 22.6. The zero-order valence-electron chi connectivity index (χ0n) is 20.2. The second-order valence-corrected chi connectivity index (χ2v) is 11.6. The number of amides is 1. The van der Waals surface area contributed by atoms with Gasteiger partial charge in [0.1, 0.15) is 4.90 Å². The van der Waals surface area contributed by atoms with Crippen LogP contribution in [0.4, 0.5) is 5.69 Å². The second kappa shape index (κ2) is 12.1. The Kier molecular flexibility index (Phi) is 9.44. The summed E-state index contributed by atoms with van der Waals surface area (Å²) in [5, 5.41) is 3.33. The molecule has 0 unspecified atom stereocenters. The molecule has 0 bridgehead atoms. The molecule has 2 aromatic carbocycles. The Balaban J connectivity index is 1.75. The number of sulfonamides is 1. The van der Waals surface area contributed by atoms with E-state index in [1.165, 1.54) is 18.2 Å². The number of hydrogen-bond donors (Lipinski definition) is 1. The number of carbonyl (C=O) groups excluding carboxylic acids is 2. The van der Waals surface area contributed by atoms with Crippen LogP contribution >= 0.6 is 23.2 Å². The Morgan fingerprint density at radius 3 is 2.50 bits per heavy atom. The number of carbonyl (C=O) groups is 2. The third-order valence-electron chi connectivity index (χ3n) is 6.53. The highest BCUT2D eigenvalue weighted by atomic mass is 35.5. The fraction of sp³-hybridized carbons (Fsp3) is 0.385. The summed E-state index contributed by atoms with van der Waals surface area (Å²) < 4.78 is 33.3. The van der Waals surface area contributed by atoms with Gasteiger partial charge in [-0.15, -0.1) is 6.58 Å². The van der Waals surface area contributed by atoms with E-state index in [1.807, 2.05) is 0 Å². The van der Waals surface area contributed by atoms with Crippen LogP contribution in [0, 0.1) is 11.8 Å². The van der Waals surface area contributed by atoms with Crippen molar-refractivity contribution in [2.45, 2.75) is 44.0 Å². The van der Waals surface area contributed by atoms with Crippen molar-refractivity contribution in [3.63, 3.8) is 0 Å². The predicted octanol–water partition coefficient (Wildman–Crippen LogP) is 5.47. The molecule has 3 rings (SSSR count). The lowest BCUT2D eigenvalue weighted by molar-refractivity contribution is -0.125. The van der Waals surface area contributed by atoms with Gasteiger partial charge in [0, 0.05) is 11.1 Å². The summed E-state index contributed by atoms with van der Waals surface area (Å²) >= 11 is 12.2. The molecule has 0 radical (unpaired) electrons. The molecule has 7 nitrogen and oxygen atoms in total. The quantitative estimate of drug-likeness (QED) is 0.328. The van der Waals surface area contributed by atoms with E-state index < -0.39 is 28.5 Å². The molecule has 0 spiro atoms. The molecule has 0 saturated heterocycles. The normalized spacial score (nSPS) is 19.8. The molecule has 10 heteroatoms. The van der Waals surface area contributed by atoms with Crippen molar-refractivity contribution in [2.75, 3.05) is 17.5 Å². The average Bonchev–Trinajstić information content (AvgIpc) is 2.84. The van der Waals surface area contributed by atoms with E-state index in [4.69, 9.17) is 27.9 Å². The Bertz CT molecular complexity index is 1220. The number of halogens is 2. The van der Waals surface area contributed by atoms with Gasteiger partial charge in [-0.05, 0) is 60.7 Å². The molecule has 0 aliphatic heterocycles. The topological polar surface area (TPSA) is 92.8 Å². The number of rotatable bonds is 9. The van der Waals surface area contributed by atoms with Crippen LogP contribution in [0.25, 0.3) is 0 Å². The smallest absolute Gasteiger partial charge is 0.338 e. The van der Waals surface area contributed by atoms with Crippen molar-refractivity contribution in [1.82, 2.24) is 5.32 Å². The van der Waals surface area contributed by atoms with Crippen LogP contribution in [0.5, 0.6) is 0 Å². The minimum Gasteiger partial charge on any atom is -0.452 e. The van der Waals surface area contributed by atoms with Gasteiger partial charge >= 0.3 is 5.97 Å². The van der Waals surface area contributed by atoms with Crippen LogP contribution in [0.15, 0.2) is 60.0 Å². The highest BCUT2D eigenvalue weighted by Gasteiger charge is 2.30. The SMILES string of the molecule is C=CCN(c1ccc(Cl)cc1)S(=O)(=O)c1cc(C(=O)OCC(=O)N[C@H]2CCC[C@@H](C)[C@H]2C)ccc1Cl. The van der Waals surface area contributed by atoms with E-state index in [-0.39, 0.29) is 28.1 Å². The first-order chi connectivity index (χ1) is 17.0. The maximum atomic E-state index is 13.5. The molecule has 1 N–H and O–H groups in total. The lowest BCUT2D eigenvalue weighted by Gasteiger charge is -2.34. The third kappa shape index (κ3) is 6.60. The Labute approximate surface area is 222 Å². The standard InChI is InChI=1S/C26H30Cl2N2O5S/c1-4-14-30(21-11-9-20(27)10-12-21)36(33,34)24-15-19(8-13-22(24)28)26(32)35-16-25(31)29-23-7-5-6-17(2)18(23)3/h4,8-13,15,17-18,23H,1,5-7,14,16H2,2-3H3,(H,29,31)/t17-,18-,23+/m1/s1. The number of anilines is 1. The maximum absolute atomic E-state index is 13.5. The van der Waals surface area contributed by atoms with Gasteiger partial charge in [-0.25, -0.2) is 13.2 Å². The second-order valence-electron chi connectivity index (χ2n) is 8.96. The molecule has 36 heavy (non-hydrogen) atoms. The third-order valence-corrected chi connectivity index (χ3v) is 9.06. The van der Waals surface area contributed by atoms with Crippen molar-refractivity contribution < 1.29 is 22.7 Å². The van der Waals surface area contributed by atoms with Crippen molar-refractivity contribution in [2.24, 2.45) is 11.8 Å². The molecular weight excluding hydrogens is 523 g/mol. The van der Waals surface area contributed by atoms with Gasteiger partial charge in [0.2, 0.25) is 0 Å². The minimum absolute atomic E-state index is 0.0344. The van der Waals surface area contributed by atoms with Gasteiger partial charge < -0.3 is 10.1 Å². The number of nitrogens with zero attached hydrogens (tertiary/aromatic N) is 1. The summed E-state index contributed by atoms with van der Waals surface area (Å²) in [6, 6.07) is 10.1. The lowest BCUT2D eigenvalue weighted by atomic mass is 9.78. The highest BCUT2D eigenvalue weighted by molar-refractivity contribution is 7.93. The van der Waals surface area contributed by atoms with Crippen molar-refractivity contribution >= 4 is 50.8 Å². The van der Waals surface area contributed by atoms with Crippen LogP contribution in [0.2, 0.25) is 10.0 Å². The summed E-state index contributed by atoms with van der Waals surface area (Å²) in [4.78, 5) is 24.8. The molecule has 0 aromatic heterocycles. The number of hydrogen-bond acceptors (Lipinski definition) is 5. The lowest BCUT2D eigenvalue weighted by Crippen LogP contribution is -2.45. The molecule has 1 aliphatic carbocycles. The van der Waals surface area contributed by atoms with Crippen LogP contribution in [-0.2, 0) is 19.6 Å². The summed E-state index contributed by atoms with van der Waals surface area (Å²) in [5.41, 5.74) is 0.311. The van der Waals surface area contributed by atoms with Gasteiger partial charge in [-0.1, -0.05) is 56.0 Å². The van der Waals surface area contributed by atoms with Gasteiger partial charge in [0.25, 0.3) is 15.9 Å². The summed E-state index contributed by atoms with van der Waals surface area (Å²) in [5.74, 6) is -0.378. The minimum atomic E-state index is -4.18. The number of ether oxygens (including phenoxy) is 1. The molecule has 3 atom stereocenters. The van der Waals surface area contributed by atoms with E-state index in [0.29, 0.717) is 22.5 Å². The largest absolute Gasteiger partial charge is 0.452 e. The molecule has 194 valence electrons. The van der Waals surface area contributed by atoms with Crippen molar-refractivity contribution in [3.05, 3.63) is 70.7 Å². The van der Waals surface area contributed by atoms with Crippen LogP contribution in [0.3, 0.4) is 0 Å². The first kappa shape index (κ1) is 28.0. The van der Waals surface area contributed by atoms with Gasteiger partial charge in [-0.2, -0.15) is 0 Å². The average molecular weight is 554 g/mol. The monoisotopic (exact) mass is 552 g/mol. The predicted molar refractivity (Wildman–Crippen MR) is 142 cm³/mol. The zero-order chi connectivity index (χ0) is 26.5. The number of esters is 1. The Morgan fingerprint density at radius 1 is 1.14 bits per heavy atom. The van der Waals surface area contributed by atoms with Gasteiger partial charge in [0.15, 0.2) is 6.61 Å². The molecule has 2 aromatic rings. The first-order valence-electron chi connectivity index (χ1n) is 11.7. The molecule has 1 fully saturated rings. The van der Waals surface area contributed by atoms with Crippen molar-refractivity contribution in [3.8, 4) is 0 Å². The maximum Gasteiger partial charge on any atom is 0.338 e. The number of benzene rings is 2. The van der Waals surface area contributed by atoms with Crippen LogP contribution in [-0.4, -0.2) is 39.5 Å². The summed E-state index contributed by atoms with van der Waals surface area (Å²) in [6.45, 7) is 7.41. The molecule has 1 aliphatic rings. The first-order valence-corrected chi connectivity index (χ1v) is 13.9. The summed E-state index contributed by atoms with van der Waals surface area (Å²) in [7, 11) is -4.18. The van der Waals surface area contributed by atoms with E-state index in [0.717, 1.165) is 29.6 Å². The summed E-state index contributed by atoms with van der Waals surface area (Å²) in [6.07, 6.45) is 4.49. The van der Waals surface area contributed by atoms with Crippen molar-refractivity contribution in [1.29, 1.82) is 0 Å².